The van der Waals surface area contributed by atoms with Crippen molar-refractivity contribution in [1.29, 1.82) is 0 Å². The van der Waals surface area contributed by atoms with Gasteiger partial charge in [0.1, 0.15) is 0 Å². The highest BCUT2D eigenvalue weighted by atomic mass is 79.9. The van der Waals surface area contributed by atoms with Crippen LogP contribution < -0.4 is 4.80 Å². The van der Waals surface area contributed by atoms with Crippen LogP contribution in [0.3, 0.4) is 0 Å². The van der Waals surface area contributed by atoms with Crippen LogP contribution in [0.4, 0.5) is 0 Å². The van der Waals surface area contributed by atoms with E-state index in [4.69, 9.17) is 0 Å². The molecule has 0 bridgehead atoms. The molecule has 0 N–H and O–H groups in total. The van der Waals surface area contributed by atoms with E-state index in [1.54, 1.807) is 17.6 Å². The fraction of sp³-hybridized carbons (Fsp3) is 0.143. The van der Waals surface area contributed by atoms with E-state index < -0.39 is 0 Å². The van der Waals surface area contributed by atoms with Crippen molar-refractivity contribution in [1.82, 2.24) is 4.57 Å². The van der Waals surface area contributed by atoms with E-state index in [9.17, 15) is 0 Å². The van der Waals surface area contributed by atoms with Gasteiger partial charge in [0.2, 0.25) is 4.80 Å². The number of allylic oxidation sites excluding steroid dienone is 1. The summed E-state index contributed by atoms with van der Waals surface area (Å²) < 4.78 is 3.09. The average molecular weight is 336 g/mol. The minimum atomic E-state index is 0.749. The van der Waals surface area contributed by atoms with Crippen molar-refractivity contribution in [2.75, 3.05) is 0 Å². The first kappa shape index (κ1) is 14.0. The number of halogens is 1. The number of rotatable bonds is 4. The maximum atomic E-state index is 4.26. The molecule has 2 aromatic rings. The summed E-state index contributed by atoms with van der Waals surface area (Å²) in [6, 6.07) is 7.91. The summed E-state index contributed by atoms with van der Waals surface area (Å²) in [6.07, 6.45) is 3.60. The van der Waals surface area contributed by atoms with Gasteiger partial charge in [-0.05, 0) is 13.0 Å². The minimum Gasteiger partial charge on any atom is -0.316 e. The van der Waals surface area contributed by atoms with Gasteiger partial charge in [-0.25, -0.2) is 0 Å². The van der Waals surface area contributed by atoms with Gasteiger partial charge in [0.15, 0.2) is 0 Å². The fourth-order valence-electron chi connectivity index (χ4n) is 1.57. The highest BCUT2D eigenvalue weighted by molar-refractivity contribution is 9.10. The molecule has 0 aliphatic carbocycles. The van der Waals surface area contributed by atoms with E-state index in [0.717, 1.165) is 21.4 Å². The lowest BCUT2D eigenvalue weighted by Crippen LogP contribution is -2.14. The molecule has 0 radical (unpaired) electrons. The third-order valence-electron chi connectivity index (χ3n) is 2.55. The zero-order valence-electron chi connectivity index (χ0n) is 10.6. The molecule has 0 saturated heterocycles. The number of hydrogen-bond acceptors (Lipinski definition) is 3. The second-order valence-electron chi connectivity index (χ2n) is 3.93. The number of aryl methyl sites for hydroxylation is 1. The van der Waals surface area contributed by atoms with Gasteiger partial charge in [0, 0.05) is 27.7 Å². The minimum absolute atomic E-state index is 0.749. The first-order valence-electron chi connectivity index (χ1n) is 5.80. The predicted octanol–water partition coefficient (Wildman–Crippen LogP) is 3.74. The summed E-state index contributed by atoms with van der Waals surface area (Å²) in [5, 5.41) is 10.5. The standard InChI is InChI=1S/C14H14BrN3S/c1-3-8-18-11(2)10-19-14(18)17-16-9-12-6-4-5-7-13(12)15/h3-7,9-10H,1,8H2,2H3/b16-9+,17-14+. The Hall–Kier alpha value is -1.46. The molecular weight excluding hydrogens is 322 g/mol. The van der Waals surface area contributed by atoms with Crippen molar-refractivity contribution in [3.63, 3.8) is 0 Å². The van der Waals surface area contributed by atoms with E-state index in [0.29, 0.717) is 0 Å². The number of hydrogen-bond donors (Lipinski definition) is 0. The third-order valence-corrected chi connectivity index (χ3v) is 4.24. The summed E-state index contributed by atoms with van der Waals surface area (Å²) >= 11 is 5.06. The van der Waals surface area contributed by atoms with Crippen LogP contribution in [0.2, 0.25) is 0 Å². The molecule has 19 heavy (non-hydrogen) atoms. The van der Waals surface area contributed by atoms with E-state index in [-0.39, 0.29) is 0 Å². The van der Waals surface area contributed by atoms with Crippen molar-refractivity contribution in [3.05, 3.63) is 62.8 Å². The van der Waals surface area contributed by atoms with E-state index in [1.165, 1.54) is 5.69 Å². The molecule has 0 aliphatic heterocycles. The topological polar surface area (TPSA) is 29.6 Å². The average Bonchev–Trinajstić information content (AvgIpc) is 2.74. The molecule has 1 aromatic carbocycles. The van der Waals surface area contributed by atoms with Gasteiger partial charge in [-0.1, -0.05) is 40.2 Å². The molecule has 3 nitrogen and oxygen atoms in total. The van der Waals surface area contributed by atoms with Gasteiger partial charge in [-0.2, -0.15) is 5.10 Å². The molecule has 5 heteroatoms. The first-order valence-corrected chi connectivity index (χ1v) is 7.47. The highest BCUT2D eigenvalue weighted by Crippen LogP contribution is 2.13. The Kier molecular flexibility index (Phi) is 4.87. The van der Waals surface area contributed by atoms with Gasteiger partial charge in [-0.3, -0.25) is 0 Å². The Morgan fingerprint density at radius 3 is 2.95 bits per heavy atom. The van der Waals surface area contributed by atoms with Gasteiger partial charge in [-0.15, -0.1) is 23.0 Å². The fourth-order valence-corrected chi connectivity index (χ4v) is 2.80. The molecule has 1 aromatic heterocycles. The molecule has 2 rings (SSSR count). The van der Waals surface area contributed by atoms with Crippen LogP contribution in [0.5, 0.6) is 0 Å². The van der Waals surface area contributed by atoms with Crippen LogP contribution in [-0.2, 0) is 6.54 Å². The molecule has 0 saturated carbocycles. The molecule has 0 spiro atoms. The molecule has 98 valence electrons. The van der Waals surface area contributed by atoms with Crippen LogP contribution in [-0.4, -0.2) is 10.8 Å². The third kappa shape index (κ3) is 3.52. The summed E-state index contributed by atoms with van der Waals surface area (Å²) in [7, 11) is 0. The van der Waals surface area contributed by atoms with Crippen LogP contribution in [0, 0.1) is 6.92 Å². The summed E-state index contributed by atoms with van der Waals surface area (Å²) in [6.45, 7) is 6.56. The number of benzene rings is 1. The second-order valence-corrected chi connectivity index (χ2v) is 5.62. The molecule has 0 atom stereocenters. The van der Waals surface area contributed by atoms with E-state index in [1.807, 2.05) is 30.3 Å². The van der Waals surface area contributed by atoms with Gasteiger partial charge < -0.3 is 4.57 Å². The van der Waals surface area contributed by atoms with Crippen molar-refractivity contribution >= 4 is 33.5 Å². The van der Waals surface area contributed by atoms with Crippen LogP contribution in [0.1, 0.15) is 11.3 Å². The zero-order valence-corrected chi connectivity index (χ0v) is 13.0. The molecular formula is C14H14BrN3S. The van der Waals surface area contributed by atoms with Crippen LogP contribution in [0.25, 0.3) is 0 Å². The quantitative estimate of drug-likeness (QED) is 0.463. The van der Waals surface area contributed by atoms with Gasteiger partial charge in [0.05, 0.1) is 6.21 Å². The van der Waals surface area contributed by atoms with Crippen molar-refractivity contribution < 1.29 is 0 Å². The lowest BCUT2D eigenvalue weighted by Gasteiger charge is -1.99. The maximum absolute atomic E-state index is 4.26. The van der Waals surface area contributed by atoms with E-state index >= 15 is 0 Å². The van der Waals surface area contributed by atoms with E-state index in [2.05, 4.69) is 49.6 Å². The smallest absolute Gasteiger partial charge is 0.211 e. The van der Waals surface area contributed by atoms with Gasteiger partial charge in [0.25, 0.3) is 0 Å². The van der Waals surface area contributed by atoms with Crippen molar-refractivity contribution in [2.24, 2.45) is 10.2 Å². The Labute approximate surface area is 124 Å². The zero-order chi connectivity index (χ0) is 13.7. The van der Waals surface area contributed by atoms with Crippen molar-refractivity contribution in [3.8, 4) is 0 Å². The Balaban J connectivity index is 2.28. The first-order chi connectivity index (χ1) is 9.22. The lowest BCUT2D eigenvalue weighted by molar-refractivity contribution is 0.752. The Morgan fingerprint density at radius 2 is 2.21 bits per heavy atom. The predicted molar refractivity (Wildman–Crippen MR) is 84.5 cm³/mol. The van der Waals surface area contributed by atoms with Crippen molar-refractivity contribution in [2.45, 2.75) is 13.5 Å². The second kappa shape index (κ2) is 6.63. The number of aromatic nitrogens is 1. The SMILES string of the molecule is C=CCn1c(C)cs/c1=N/N=C/c1ccccc1Br. The highest BCUT2D eigenvalue weighted by Gasteiger charge is 1.98. The summed E-state index contributed by atoms with van der Waals surface area (Å²) in [4.78, 5) is 0.876. The molecule has 0 fully saturated rings. The maximum Gasteiger partial charge on any atom is 0.211 e. The Bertz CT molecular complexity index is 667. The summed E-state index contributed by atoms with van der Waals surface area (Å²) in [5.41, 5.74) is 2.18. The monoisotopic (exact) mass is 335 g/mol. The number of thiazole rings is 1. The van der Waals surface area contributed by atoms with Gasteiger partial charge >= 0.3 is 0 Å². The number of nitrogens with zero attached hydrogens (tertiary/aromatic N) is 3. The Morgan fingerprint density at radius 1 is 1.42 bits per heavy atom. The largest absolute Gasteiger partial charge is 0.316 e. The van der Waals surface area contributed by atoms with Crippen LogP contribution >= 0.6 is 27.3 Å². The normalized spacial score (nSPS) is 12.2. The van der Waals surface area contributed by atoms with Crippen LogP contribution in [0.15, 0.2) is 57.0 Å². The lowest BCUT2D eigenvalue weighted by atomic mass is 10.2. The molecule has 0 amide bonds. The molecule has 1 heterocycles. The molecule has 0 aliphatic rings. The molecule has 0 unspecified atom stereocenters. The summed E-state index contributed by atoms with van der Waals surface area (Å²) in [5.74, 6) is 0.